The Morgan fingerprint density at radius 3 is 2.51 bits per heavy atom. The van der Waals surface area contributed by atoms with E-state index in [1.54, 1.807) is 23.2 Å². The minimum atomic E-state index is -4.69. The third-order valence-electron chi connectivity index (χ3n) is 14.7. The smallest absolute Gasteiger partial charge is 0.293 e. The predicted octanol–water partition coefficient (Wildman–Crippen LogP) is 9.81. The van der Waals surface area contributed by atoms with Crippen molar-refractivity contribution in [1.29, 1.82) is 0 Å². The van der Waals surface area contributed by atoms with Crippen LogP contribution in [0, 0.1) is 27.4 Å². The molecule has 10 rings (SSSR count). The van der Waals surface area contributed by atoms with E-state index in [4.69, 9.17) is 26.1 Å². The second kappa shape index (κ2) is 19.1. The van der Waals surface area contributed by atoms with Gasteiger partial charge in [0.1, 0.15) is 23.1 Å². The fourth-order valence-electron chi connectivity index (χ4n) is 10.8. The molecule has 70 heavy (non-hydrogen) atoms. The Bertz CT molecular complexity index is 2950. The molecule has 5 aliphatic rings. The Morgan fingerprint density at radius 1 is 0.986 bits per heavy atom. The van der Waals surface area contributed by atoms with Gasteiger partial charge in [-0.25, -0.2) is 21.9 Å². The number of benzene rings is 3. The van der Waals surface area contributed by atoms with Gasteiger partial charge in [0.2, 0.25) is 5.88 Å². The highest BCUT2D eigenvalue weighted by molar-refractivity contribution is 7.90. The number of nitro benzene ring substituents is 1. The lowest BCUT2D eigenvalue weighted by atomic mass is 9.72. The number of nitro groups is 1. The molecule has 370 valence electrons. The minimum absolute atomic E-state index is 0.0194. The molecule has 0 radical (unpaired) electrons. The van der Waals surface area contributed by atoms with Crippen LogP contribution in [0.2, 0.25) is 5.02 Å². The number of carbonyl (C=O) groups is 1. The van der Waals surface area contributed by atoms with Gasteiger partial charge < -0.3 is 29.6 Å². The van der Waals surface area contributed by atoms with Gasteiger partial charge in [-0.1, -0.05) is 43.2 Å². The summed E-state index contributed by atoms with van der Waals surface area (Å²) < 4.78 is 72.5. The van der Waals surface area contributed by atoms with Crippen LogP contribution >= 0.6 is 11.6 Å². The number of aromatic nitrogens is 2. The van der Waals surface area contributed by atoms with E-state index in [1.165, 1.54) is 28.8 Å². The van der Waals surface area contributed by atoms with Crippen molar-refractivity contribution in [1.82, 2.24) is 19.6 Å². The quantitative estimate of drug-likeness (QED) is 0.0799. The minimum Gasteiger partial charge on any atom is -0.472 e. The van der Waals surface area contributed by atoms with Gasteiger partial charge in [-0.2, -0.15) is 4.98 Å². The number of H-pyrrole nitrogens is 1. The number of ether oxygens (including phenoxy) is 2. The van der Waals surface area contributed by atoms with Crippen LogP contribution in [0.1, 0.15) is 74.7 Å². The number of alkyl halides is 2. The van der Waals surface area contributed by atoms with E-state index >= 15 is 8.78 Å². The van der Waals surface area contributed by atoms with Gasteiger partial charge in [-0.05, 0) is 109 Å². The normalized spacial score (nSPS) is 21.7. The summed E-state index contributed by atoms with van der Waals surface area (Å²) in [4.78, 5) is 39.9. The molecule has 1 amide bonds. The standard InChI is InChI=1S/C51H57ClF2N8O7S/c1-50(2)15-11-35(41(27-50)33-3-5-37(52)6-4-33)30-59-17-19-60(20-18-59)38-7-9-40(48(63)58-70(66,67)39-8-10-42(44(25-39)62(64)65)56-29-32-13-21-68-22-14-32)43(24-38)61-31-36-26-51(53,54)28-46(36)69-49-45(61)23-34-12-16-55-47(34)57-49/h3-10,12,16,23-25,32,36,46,56H,11,13-15,17-22,26-31H2,1-2H3,(H,55,57)(H,58,63)/t36-,46-/m1/s1. The number of fused-ring (bicyclic) bond motifs is 3. The van der Waals surface area contributed by atoms with Crippen molar-refractivity contribution in [2.45, 2.75) is 75.7 Å². The van der Waals surface area contributed by atoms with Crippen LogP contribution in [0.15, 0.2) is 89.5 Å². The number of aromatic amines is 1. The second-order valence-corrected chi connectivity index (χ2v) is 22.3. The first-order chi connectivity index (χ1) is 33.5. The zero-order valence-electron chi connectivity index (χ0n) is 39.2. The van der Waals surface area contributed by atoms with Gasteiger partial charge in [0.05, 0.1) is 21.1 Å². The van der Waals surface area contributed by atoms with Gasteiger partial charge in [-0.15, -0.1) is 0 Å². The molecule has 1 saturated carbocycles. The van der Waals surface area contributed by atoms with E-state index in [0.29, 0.717) is 54.6 Å². The molecule has 19 heteroatoms. The van der Waals surface area contributed by atoms with Gasteiger partial charge in [0, 0.05) is 106 Å². The lowest BCUT2D eigenvalue weighted by molar-refractivity contribution is -0.384. The molecule has 3 aliphatic heterocycles. The van der Waals surface area contributed by atoms with Crippen LogP contribution in [0.4, 0.5) is 37.2 Å². The summed E-state index contributed by atoms with van der Waals surface area (Å²) in [5.41, 5.74) is 5.77. The zero-order chi connectivity index (χ0) is 49.0. The van der Waals surface area contributed by atoms with E-state index in [1.807, 2.05) is 30.3 Å². The molecule has 2 atom stereocenters. The molecule has 5 aromatic rings. The van der Waals surface area contributed by atoms with E-state index in [0.717, 1.165) is 63.5 Å². The Hall–Kier alpha value is -5.82. The summed E-state index contributed by atoms with van der Waals surface area (Å²) in [6, 6.07) is 20.4. The maximum Gasteiger partial charge on any atom is 0.293 e. The molecule has 5 heterocycles. The maximum atomic E-state index is 15.2. The summed E-state index contributed by atoms with van der Waals surface area (Å²) in [6.45, 7) is 9.92. The second-order valence-electron chi connectivity index (χ2n) is 20.2. The summed E-state index contributed by atoms with van der Waals surface area (Å²) in [6.07, 6.45) is 4.54. The van der Waals surface area contributed by atoms with Gasteiger partial charge in [0.25, 0.3) is 27.5 Å². The van der Waals surface area contributed by atoms with E-state index in [2.05, 4.69) is 50.8 Å². The van der Waals surface area contributed by atoms with Crippen LogP contribution in [-0.2, 0) is 14.8 Å². The topological polar surface area (TPSA) is 175 Å². The molecule has 3 N–H and O–H groups in total. The lowest BCUT2D eigenvalue weighted by Gasteiger charge is -2.39. The van der Waals surface area contributed by atoms with Crippen molar-refractivity contribution in [2.24, 2.45) is 17.3 Å². The third kappa shape index (κ3) is 10.2. The molecule has 3 fully saturated rings. The van der Waals surface area contributed by atoms with Crippen LogP contribution < -0.4 is 24.6 Å². The van der Waals surface area contributed by atoms with Gasteiger partial charge in [0.15, 0.2) is 0 Å². The third-order valence-corrected chi connectivity index (χ3v) is 16.3. The van der Waals surface area contributed by atoms with Crippen molar-refractivity contribution in [3.8, 4) is 5.88 Å². The molecule has 2 aromatic heterocycles. The first-order valence-corrected chi connectivity index (χ1v) is 25.9. The van der Waals surface area contributed by atoms with Crippen LogP contribution in [-0.4, -0.2) is 105 Å². The largest absolute Gasteiger partial charge is 0.472 e. The van der Waals surface area contributed by atoms with E-state index in [-0.39, 0.29) is 40.7 Å². The number of rotatable bonds is 12. The van der Waals surface area contributed by atoms with Gasteiger partial charge >= 0.3 is 0 Å². The van der Waals surface area contributed by atoms with E-state index < -0.39 is 62.2 Å². The average molecular weight is 1000 g/mol. The Labute approximate surface area is 410 Å². The predicted molar refractivity (Wildman–Crippen MR) is 266 cm³/mol. The average Bonchev–Trinajstić information content (AvgIpc) is 3.88. The summed E-state index contributed by atoms with van der Waals surface area (Å²) in [5.74, 6) is -4.34. The number of hydrogen-bond donors (Lipinski definition) is 3. The number of nitrogens with zero attached hydrogens (tertiary/aromatic N) is 5. The molecule has 3 aromatic carbocycles. The molecule has 0 unspecified atom stereocenters. The van der Waals surface area contributed by atoms with Crippen molar-refractivity contribution in [3.63, 3.8) is 0 Å². The van der Waals surface area contributed by atoms with E-state index in [9.17, 15) is 23.3 Å². The summed E-state index contributed by atoms with van der Waals surface area (Å²) in [7, 11) is -4.69. The number of amides is 1. The number of sulfonamides is 1. The number of pyridine rings is 1. The SMILES string of the molecule is CC1(C)CCC(CN2CCN(c3ccc(C(=O)NS(=O)(=O)c4ccc(NCC5CCOCC5)c([N+](=O)[O-])c4)c(N4C[C@H]5CC(F)(F)C[C@H]5Oc5nc6[nH]ccc6cc54)c3)CC2)=C(c2ccc(Cl)cc2)C1. The van der Waals surface area contributed by atoms with Crippen molar-refractivity contribution >= 4 is 72.6 Å². The molecule has 0 spiro atoms. The zero-order valence-corrected chi connectivity index (χ0v) is 40.8. The Morgan fingerprint density at radius 2 is 1.76 bits per heavy atom. The molecule has 15 nitrogen and oxygen atoms in total. The highest BCUT2D eigenvalue weighted by Gasteiger charge is 2.50. The fourth-order valence-corrected chi connectivity index (χ4v) is 11.9. The number of hydrogen-bond acceptors (Lipinski definition) is 12. The molecule has 2 saturated heterocycles. The molecule has 0 bridgehead atoms. The number of carbonyl (C=O) groups excluding carboxylic acids is 1. The first-order valence-electron chi connectivity index (χ1n) is 24.0. The Balaban J connectivity index is 0.962. The number of piperazine rings is 1. The fraction of sp³-hybridized carbons (Fsp3) is 0.451. The van der Waals surface area contributed by atoms with Crippen molar-refractivity contribution in [3.05, 3.63) is 111 Å². The molecular weight excluding hydrogens is 942 g/mol. The maximum absolute atomic E-state index is 15.2. The molecule has 2 aliphatic carbocycles. The number of anilines is 4. The highest BCUT2D eigenvalue weighted by atomic mass is 35.5. The number of halogens is 3. The van der Waals surface area contributed by atoms with Crippen molar-refractivity contribution in [2.75, 3.05) is 74.1 Å². The van der Waals surface area contributed by atoms with Crippen LogP contribution in [0.5, 0.6) is 5.88 Å². The Kier molecular flexibility index (Phi) is 13.0. The van der Waals surface area contributed by atoms with Gasteiger partial charge in [-0.3, -0.25) is 19.8 Å². The summed E-state index contributed by atoms with van der Waals surface area (Å²) >= 11 is 6.28. The molecular formula is C51H57ClF2N8O7S. The number of nitrogens with one attached hydrogen (secondary N) is 3. The summed E-state index contributed by atoms with van der Waals surface area (Å²) in [5, 5.41) is 16.8. The monoisotopic (exact) mass is 998 g/mol. The number of allylic oxidation sites excluding steroid dienone is 1. The van der Waals surface area contributed by atoms with Crippen LogP contribution in [0.3, 0.4) is 0 Å². The van der Waals surface area contributed by atoms with Crippen molar-refractivity contribution < 1.29 is 36.4 Å². The highest BCUT2D eigenvalue weighted by Crippen LogP contribution is 2.49. The first kappa shape index (κ1) is 47.8. The lowest BCUT2D eigenvalue weighted by Crippen LogP contribution is -2.47. The van der Waals surface area contributed by atoms with Crippen LogP contribution in [0.25, 0.3) is 16.6 Å².